The molecule has 3 heteroatoms. The molecule has 0 heterocycles. The average Bonchev–Trinajstić information content (AvgIpc) is 2.68. The molecule has 3 aromatic carbocycles. The van der Waals surface area contributed by atoms with Crippen LogP contribution in [0.3, 0.4) is 0 Å². The summed E-state index contributed by atoms with van der Waals surface area (Å²) in [5.41, 5.74) is 2.79. The van der Waals surface area contributed by atoms with Gasteiger partial charge < -0.3 is 0 Å². The average molecular weight is 383 g/mol. The molecule has 0 bridgehead atoms. The van der Waals surface area contributed by atoms with Crippen LogP contribution in [-0.2, 0) is 24.6 Å². The fraction of sp³-hybridized carbons (Fsp3) is 0.182. The molecule has 0 aliphatic heterocycles. The largest absolute Gasteiger partial charge is 0.0882 e. The fourth-order valence-corrected chi connectivity index (χ4v) is 8.97. The molecule has 0 aliphatic carbocycles. The first-order valence-electron chi connectivity index (χ1n) is 8.64. The summed E-state index contributed by atoms with van der Waals surface area (Å²) < 4.78 is 0. The zero-order chi connectivity index (χ0) is 17.4. The smallest absolute Gasteiger partial charge is 0.0124 e. The van der Waals surface area contributed by atoms with E-state index in [-0.39, 0.29) is 0 Å². The van der Waals surface area contributed by atoms with Crippen LogP contribution in [0, 0.1) is 0 Å². The minimum absolute atomic E-state index is 1.08. The Bertz CT molecular complexity index is 754. The lowest BCUT2D eigenvalue weighted by Crippen LogP contribution is -1.99. The summed E-state index contributed by atoms with van der Waals surface area (Å²) in [5, 5.41) is -1.52. The predicted octanol–water partition coefficient (Wildman–Crippen LogP) is 6.66. The first-order valence-corrected chi connectivity index (χ1v) is 13.2. The van der Waals surface area contributed by atoms with Crippen molar-refractivity contribution in [1.29, 1.82) is 0 Å². The van der Waals surface area contributed by atoms with E-state index in [9.17, 15) is 0 Å². The summed E-state index contributed by atoms with van der Waals surface area (Å²) in [6, 6.07) is 32.1. The number of hydrogen-bond donors (Lipinski definition) is 0. The molecule has 0 aliphatic rings. The lowest BCUT2D eigenvalue weighted by atomic mass is 10.2. The van der Waals surface area contributed by atoms with E-state index in [2.05, 4.69) is 91.0 Å². The maximum absolute atomic E-state index is 6.26. The van der Waals surface area contributed by atoms with E-state index in [0.717, 1.165) is 25.2 Å². The Kier molecular flexibility index (Phi) is 6.93. The van der Waals surface area contributed by atoms with Crippen molar-refractivity contribution in [3.05, 3.63) is 102 Å². The van der Waals surface area contributed by atoms with Crippen LogP contribution in [0.15, 0.2) is 95.9 Å². The molecule has 25 heavy (non-hydrogen) atoms. The number of hydrogen-bond acceptors (Lipinski definition) is 2. The van der Waals surface area contributed by atoms with Gasteiger partial charge in [0.05, 0.1) is 0 Å². The van der Waals surface area contributed by atoms with E-state index in [4.69, 9.17) is 11.8 Å². The second-order valence-corrected chi connectivity index (χ2v) is 14.7. The van der Waals surface area contributed by atoms with Crippen LogP contribution in [0.1, 0.15) is 11.1 Å². The normalized spacial score (nSPS) is 11.4. The molecule has 0 N–H and O–H groups in total. The third-order valence-corrected chi connectivity index (χ3v) is 11.3. The highest BCUT2D eigenvalue weighted by Gasteiger charge is 2.19. The highest BCUT2D eigenvalue weighted by molar-refractivity contribution is 8.71. The first-order chi connectivity index (χ1) is 12.2. The minimum Gasteiger partial charge on any atom is -0.0882 e. The van der Waals surface area contributed by atoms with Crippen molar-refractivity contribution in [1.82, 2.24) is 0 Å². The number of benzene rings is 3. The van der Waals surface area contributed by atoms with E-state index in [1.165, 1.54) is 16.0 Å². The summed E-state index contributed by atoms with van der Waals surface area (Å²) >= 11 is 8.21. The highest BCUT2D eigenvalue weighted by Crippen LogP contribution is 2.62. The molecule has 0 amide bonds. The van der Waals surface area contributed by atoms with Gasteiger partial charge in [-0.05, 0) is 48.4 Å². The van der Waals surface area contributed by atoms with Crippen molar-refractivity contribution < 1.29 is 0 Å². The third-order valence-electron chi connectivity index (χ3n) is 4.18. The molecule has 0 nitrogen and oxygen atoms in total. The van der Waals surface area contributed by atoms with Crippen molar-refractivity contribution in [2.24, 2.45) is 0 Å². The molecule has 0 saturated heterocycles. The molecule has 128 valence electrons. The lowest BCUT2D eigenvalue weighted by molar-refractivity contribution is 1.11. The maximum atomic E-state index is 6.26. The second kappa shape index (κ2) is 9.38. The Labute approximate surface area is 160 Å². The van der Waals surface area contributed by atoms with Gasteiger partial charge in [-0.3, -0.25) is 0 Å². The molecule has 0 aromatic heterocycles. The van der Waals surface area contributed by atoms with Gasteiger partial charge in [0.15, 0.2) is 0 Å². The van der Waals surface area contributed by atoms with Gasteiger partial charge >= 0.3 is 0 Å². The van der Waals surface area contributed by atoms with E-state index in [1.54, 1.807) is 0 Å². The van der Waals surface area contributed by atoms with E-state index in [0.29, 0.717) is 0 Å². The summed E-state index contributed by atoms with van der Waals surface area (Å²) in [7, 11) is 0. The van der Waals surface area contributed by atoms with Gasteiger partial charge in [-0.15, -0.1) is 0 Å². The standard InChI is InChI=1S/C22H23PS2/c24-23(25-22-14-8-3-9-15-22,18-16-20-10-4-1-5-11-20)19-17-21-12-6-2-7-13-21/h1-15H,16-19H2. The van der Waals surface area contributed by atoms with Crippen LogP contribution in [0.5, 0.6) is 0 Å². The molecular formula is C22H23PS2. The number of rotatable bonds is 8. The van der Waals surface area contributed by atoms with Crippen LogP contribution in [0.4, 0.5) is 0 Å². The first kappa shape index (κ1) is 18.5. The topological polar surface area (TPSA) is 0 Å². The Morgan fingerprint density at radius 3 is 1.44 bits per heavy atom. The zero-order valence-electron chi connectivity index (χ0n) is 14.3. The summed E-state index contributed by atoms with van der Waals surface area (Å²) in [4.78, 5) is 1.31. The van der Waals surface area contributed by atoms with Crippen LogP contribution in [-0.4, -0.2) is 12.3 Å². The molecule has 0 spiro atoms. The molecule has 0 fully saturated rings. The second-order valence-electron chi connectivity index (χ2n) is 6.14. The maximum Gasteiger partial charge on any atom is 0.0124 e. The van der Waals surface area contributed by atoms with Crippen molar-refractivity contribution in [2.45, 2.75) is 17.7 Å². The van der Waals surface area contributed by atoms with Gasteiger partial charge in [0.2, 0.25) is 0 Å². The molecule has 3 aromatic rings. The highest BCUT2D eigenvalue weighted by atomic mass is 32.9. The molecular weight excluding hydrogens is 359 g/mol. The van der Waals surface area contributed by atoms with Gasteiger partial charge in [0.1, 0.15) is 0 Å². The fourth-order valence-electron chi connectivity index (χ4n) is 2.76. The monoisotopic (exact) mass is 382 g/mol. The van der Waals surface area contributed by atoms with E-state index in [1.807, 2.05) is 11.4 Å². The molecule has 0 atom stereocenters. The van der Waals surface area contributed by atoms with E-state index >= 15 is 0 Å². The van der Waals surface area contributed by atoms with Crippen molar-refractivity contribution in [2.75, 3.05) is 12.3 Å². The van der Waals surface area contributed by atoms with Crippen molar-refractivity contribution in [3.63, 3.8) is 0 Å². The van der Waals surface area contributed by atoms with Gasteiger partial charge in [-0.1, -0.05) is 102 Å². The summed E-state index contributed by atoms with van der Waals surface area (Å²) in [5.74, 6) is 0. The number of aryl methyl sites for hydroxylation is 2. The van der Waals surface area contributed by atoms with Crippen LogP contribution >= 0.6 is 16.6 Å². The van der Waals surface area contributed by atoms with Crippen LogP contribution in [0.2, 0.25) is 0 Å². The third kappa shape index (κ3) is 6.15. The zero-order valence-corrected chi connectivity index (χ0v) is 16.8. The SMILES string of the molecule is S=P(CCc1ccccc1)(CCc1ccccc1)Sc1ccccc1. The predicted molar refractivity (Wildman–Crippen MR) is 117 cm³/mol. The van der Waals surface area contributed by atoms with Gasteiger partial charge in [0, 0.05) is 10.1 Å². The Hall–Kier alpha value is -1.34. The Morgan fingerprint density at radius 2 is 1.00 bits per heavy atom. The Balaban J connectivity index is 1.71. The van der Waals surface area contributed by atoms with Crippen molar-refractivity contribution >= 4 is 28.4 Å². The van der Waals surface area contributed by atoms with Crippen LogP contribution < -0.4 is 0 Å². The lowest BCUT2D eigenvalue weighted by Gasteiger charge is -2.22. The van der Waals surface area contributed by atoms with Gasteiger partial charge in [0.25, 0.3) is 0 Å². The quantitative estimate of drug-likeness (QED) is 0.400. The molecule has 0 saturated carbocycles. The molecule has 0 radical (unpaired) electrons. The minimum atomic E-state index is -1.52. The van der Waals surface area contributed by atoms with Crippen LogP contribution in [0.25, 0.3) is 0 Å². The summed E-state index contributed by atoms with van der Waals surface area (Å²) in [6.45, 7) is 0. The summed E-state index contributed by atoms with van der Waals surface area (Å²) in [6.07, 6.45) is 4.37. The van der Waals surface area contributed by atoms with E-state index < -0.39 is 5.24 Å². The van der Waals surface area contributed by atoms with Gasteiger partial charge in [-0.25, -0.2) is 0 Å². The molecule has 3 rings (SSSR count). The van der Waals surface area contributed by atoms with Crippen molar-refractivity contribution in [3.8, 4) is 0 Å². The Morgan fingerprint density at radius 1 is 0.600 bits per heavy atom. The van der Waals surface area contributed by atoms with Gasteiger partial charge in [-0.2, -0.15) is 0 Å². The molecule has 0 unspecified atom stereocenters.